The highest BCUT2D eigenvalue weighted by Gasteiger charge is 2.39. The van der Waals surface area contributed by atoms with Crippen LogP contribution in [0.1, 0.15) is 19.3 Å². The first-order valence-electron chi connectivity index (χ1n) is 6.04. The highest BCUT2D eigenvalue weighted by molar-refractivity contribution is 7.89. The van der Waals surface area contributed by atoms with Crippen LogP contribution in [-0.4, -0.2) is 36.4 Å². The van der Waals surface area contributed by atoms with Gasteiger partial charge in [-0.25, -0.2) is 17.2 Å². The van der Waals surface area contributed by atoms with Crippen molar-refractivity contribution in [3.05, 3.63) is 29.8 Å². The van der Waals surface area contributed by atoms with E-state index >= 15 is 0 Å². The van der Waals surface area contributed by atoms with Gasteiger partial charge in [0.05, 0.1) is 0 Å². The van der Waals surface area contributed by atoms with Crippen molar-refractivity contribution in [1.82, 2.24) is 4.31 Å². The Morgan fingerprint density at radius 2 is 2.00 bits per heavy atom. The van der Waals surface area contributed by atoms with Gasteiger partial charge in [0.25, 0.3) is 0 Å². The van der Waals surface area contributed by atoms with Gasteiger partial charge in [-0.2, -0.15) is 4.31 Å². The van der Waals surface area contributed by atoms with E-state index < -0.39 is 38.6 Å². The van der Waals surface area contributed by atoms with E-state index in [0.29, 0.717) is 12.8 Å². The summed E-state index contributed by atoms with van der Waals surface area (Å²) in [6, 6.07) is 1.57. The van der Waals surface area contributed by atoms with E-state index in [9.17, 15) is 22.0 Å². The molecule has 20 heavy (non-hydrogen) atoms. The lowest BCUT2D eigenvalue weighted by atomic mass is 10.1. The first kappa shape index (κ1) is 14.9. The molecule has 1 atom stereocenters. The molecule has 110 valence electrons. The summed E-state index contributed by atoms with van der Waals surface area (Å²) >= 11 is 0. The molecular weight excluding hydrogens is 292 g/mol. The van der Waals surface area contributed by atoms with Gasteiger partial charge in [0.1, 0.15) is 10.9 Å². The molecule has 1 aromatic carbocycles. The Bertz CT molecular complexity index is 632. The molecule has 0 aromatic heterocycles. The fourth-order valence-electron chi connectivity index (χ4n) is 2.25. The molecule has 1 aliphatic rings. The maximum Gasteiger partial charge on any atom is 0.322 e. The minimum Gasteiger partial charge on any atom is -0.480 e. The lowest BCUT2D eigenvalue weighted by Crippen LogP contribution is -2.48. The fraction of sp³-hybridized carbons (Fsp3) is 0.417. The smallest absolute Gasteiger partial charge is 0.322 e. The van der Waals surface area contributed by atoms with Gasteiger partial charge in [0, 0.05) is 6.54 Å². The molecule has 8 heteroatoms. The van der Waals surface area contributed by atoms with Crippen molar-refractivity contribution in [2.24, 2.45) is 0 Å². The van der Waals surface area contributed by atoms with Gasteiger partial charge in [-0.3, -0.25) is 4.79 Å². The third-order valence-electron chi connectivity index (χ3n) is 3.24. The molecule has 2 rings (SSSR count). The average Bonchev–Trinajstić information content (AvgIpc) is 2.41. The summed E-state index contributed by atoms with van der Waals surface area (Å²) in [6.45, 7) is -0.0186. The van der Waals surface area contributed by atoms with Crippen molar-refractivity contribution in [1.29, 1.82) is 0 Å². The van der Waals surface area contributed by atoms with Crippen molar-refractivity contribution in [3.63, 3.8) is 0 Å². The SMILES string of the molecule is O=C(O)C1CCCCN1S(=O)(=O)c1cccc(F)c1F. The Hall–Kier alpha value is -1.54. The molecule has 1 heterocycles. The molecule has 1 aromatic rings. The zero-order valence-corrected chi connectivity index (χ0v) is 11.2. The van der Waals surface area contributed by atoms with Crippen LogP contribution >= 0.6 is 0 Å². The second kappa shape index (κ2) is 5.45. The van der Waals surface area contributed by atoms with Gasteiger partial charge in [-0.05, 0) is 31.4 Å². The fourth-order valence-corrected chi connectivity index (χ4v) is 3.98. The van der Waals surface area contributed by atoms with E-state index in [1.54, 1.807) is 0 Å². The molecule has 0 amide bonds. The number of hydrogen-bond donors (Lipinski definition) is 1. The van der Waals surface area contributed by atoms with E-state index in [-0.39, 0.29) is 13.0 Å². The second-order valence-corrected chi connectivity index (χ2v) is 6.38. The Morgan fingerprint density at radius 3 is 2.65 bits per heavy atom. The number of aliphatic carboxylic acids is 1. The molecule has 0 radical (unpaired) electrons. The number of carboxylic acids is 1. The van der Waals surface area contributed by atoms with E-state index in [2.05, 4.69) is 0 Å². The summed E-state index contributed by atoms with van der Waals surface area (Å²) in [5.41, 5.74) is 0. The minimum atomic E-state index is -4.37. The predicted octanol–water partition coefficient (Wildman–Crippen LogP) is 1.59. The van der Waals surface area contributed by atoms with Crippen LogP contribution in [0.3, 0.4) is 0 Å². The average molecular weight is 305 g/mol. The van der Waals surface area contributed by atoms with Crippen LogP contribution in [-0.2, 0) is 14.8 Å². The van der Waals surface area contributed by atoms with Crippen molar-refractivity contribution < 1.29 is 27.1 Å². The first-order chi connectivity index (χ1) is 9.35. The van der Waals surface area contributed by atoms with Gasteiger partial charge < -0.3 is 5.11 Å². The largest absolute Gasteiger partial charge is 0.480 e. The Balaban J connectivity index is 2.48. The Kier molecular flexibility index (Phi) is 4.05. The maximum absolute atomic E-state index is 13.7. The van der Waals surface area contributed by atoms with Gasteiger partial charge in [-0.1, -0.05) is 6.07 Å². The van der Waals surface area contributed by atoms with Gasteiger partial charge in [-0.15, -0.1) is 0 Å². The second-order valence-electron chi connectivity index (χ2n) is 4.52. The van der Waals surface area contributed by atoms with Gasteiger partial charge in [0.15, 0.2) is 11.6 Å². The molecule has 0 spiro atoms. The van der Waals surface area contributed by atoms with Crippen LogP contribution in [0, 0.1) is 11.6 Å². The molecule has 1 saturated heterocycles. The number of carbonyl (C=O) groups is 1. The molecular formula is C12H13F2NO4S. The Morgan fingerprint density at radius 1 is 1.30 bits per heavy atom. The van der Waals surface area contributed by atoms with Crippen molar-refractivity contribution in [2.45, 2.75) is 30.2 Å². The van der Waals surface area contributed by atoms with Crippen LogP contribution in [0.25, 0.3) is 0 Å². The summed E-state index contributed by atoms with van der Waals surface area (Å²) < 4.78 is 52.2. The van der Waals surface area contributed by atoms with Crippen molar-refractivity contribution in [3.8, 4) is 0 Å². The van der Waals surface area contributed by atoms with Crippen LogP contribution < -0.4 is 0 Å². The highest BCUT2D eigenvalue weighted by Crippen LogP contribution is 2.27. The normalized spacial score (nSPS) is 20.8. The molecule has 0 bridgehead atoms. The summed E-state index contributed by atoms with van der Waals surface area (Å²) in [7, 11) is -4.37. The third kappa shape index (κ3) is 2.53. The van der Waals surface area contributed by atoms with Gasteiger partial charge >= 0.3 is 5.97 Å². The van der Waals surface area contributed by atoms with Crippen LogP contribution in [0.2, 0.25) is 0 Å². The standard InChI is InChI=1S/C12H13F2NO4S/c13-8-4-3-6-10(11(8)14)20(18,19)15-7-2-1-5-9(15)12(16)17/h3-4,6,9H,1-2,5,7H2,(H,16,17). The molecule has 1 fully saturated rings. The van der Waals surface area contributed by atoms with Crippen LogP contribution in [0.5, 0.6) is 0 Å². The minimum absolute atomic E-state index is 0.0186. The van der Waals surface area contributed by atoms with Crippen LogP contribution in [0.15, 0.2) is 23.1 Å². The van der Waals surface area contributed by atoms with Crippen molar-refractivity contribution >= 4 is 16.0 Å². The summed E-state index contributed by atoms with van der Waals surface area (Å²) in [4.78, 5) is 10.3. The summed E-state index contributed by atoms with van der Waals surface area (Å²) in [6.07, 6.45) is 1.22. The number of benzene rings is 1. The number of rotatable bonds is 3. The van der Waals surface area contributed by atoms with Crippen LogP contribution in [0.4, 0.5) is 8.78 Å². The molecule has 1 N–H and O–H groups in total. The number of piperidine rings is 1. The predicted molar refractivity (Wildman–Crippen MR) is 65.5 cm³/mol. The summed E-state index contributed by atoms with van der Waals surface area (Å²) in [5.74, 6) is -4.05. The Labute approximate surface area is 114 Å². The zero-order chi connectivity index (χ0) is 14.9. The van der Waals surface area contributed by atoms with E-state index in [1.807, 2.05) is 0 Å². The van der Waals surface area contributed by atoms with Gasteiger partial charge in [0.2, 0.25) is 10.0 Å². The quantitative estimate of drug-likeness (QED) is 0.920. The zero-order valence-electron chi connectivity index (χ0n) is 10.4. The maximum atomic E-state index is 13.7. The van der Waals surface area contributed by atoms with Crippen molar-refractivity contribution in [2.75, 3.05) is 6.54 Å². The van der Waals surface area contributed by atoms with E-state index in [1.165, 1.54) is 0 Å². The molecule has 0 aliphatic carbocycles. The lowest BCUT2D eigenvalue weighted by molar-refractivity contribution is -0.142. The number of sulfonamides is 1. The third-order valence-corrected chi connectivity index (χ3v) is 5.17. The van der Waals surface area contributed by atoms with E-state index in [0.717, 1.165) is 22.5 Å². The topological polar surface area (TPSA) is 74.7 Å². The number of nitrogens with zero attached hydrogens (tertiary/aromatic N) is 1. The van der Waals surface area contributed by atoms with E-state index in [4.69, 9.17) is 5.11 Å². The molecule has 1 aliphatic heterocycles. The molecule has 0 saturated carbocycles. The number of halogens is 2. The molecule has 1 unspecified atom stereocenters. The number of hydrogen-bond acceptors (Lipinski definition) is 3. The number of carboxylic acid groups (broad SMARTS) is 1. The lowest BCUT2D eigenvalue weighted by Gasteiger charge is -2.31. The summed E-state index contributed by atoms with van der Waals surface area (Å²) in [5, 5.41) is 9.07. The molecule has 5 nitrogen and oxygen atoms in total. The first-order valence-corrected chi connectivity index (χ1v) is 7.48. The monoisotopic (exact) mass is 305 g/mol. The highest BCUT2D eigenvalue weighted by atomic mass is 32.2.